The molecule has 8 aromatic rings. The van der Waals surface area contributed by atoms with Crippen LogP contribution in [0.3, 0.4) is 0 Å². The van der Waals surface area contributed by atoms with E-state index in [1.165, 1.54) is 76.6 Å². The third kappa shape index (κ3) is 5.30. The van der Waals surface area contributed by atoms with Gasteiger partial charge in [0.2, 0.25) is 0 Å². The second kappa shape index (κ2) is 12.8. The Morgan fingerprint density at radius 2 is 1.27 bits per heavy atom. The molecule has 0 fully saturated rings. The molecule has 0 aliphatic rings. The van der Waals surface area contributed by atoms with Gasteiger partial charge in [-0.3, -0.25) is 0 Å². The number of aromatic nitrogens is 1. The molecule has 1 nitrogen and oxygen atoms in total. The van der Waals surface area contributed by atoms with Gasteiger partial charge in [-0.1, -0.05) is 159 Å². The van der Waals surface area contributed by atoms with Crippen LogP contribution < -0.4 is 0 Å². The van der Waals surface area contributed by atoms with Gasteiger partial charge in [0.1, 0.15) is 0 Å². The van der Waals surface area contributed by atoms with Crippen LogP contribution in [0.4, 0.5) is 0 Å². The fourth-order valence-electron chi connectivity index (χ4n) is 7.34. The van der Waals surface area contributed by atoms with Crippen LogP contribution in [0, 0.1) is 0 Å². The fourth-order valence-corrected chi connectivity index (χ4v) is 7.34. The van der Waals surface area contributed by atoms with E-state index in [2.05, 4.69) is 182 Å². The molecule has 7 aromatic carbocycles. The van der Waals surface area contributed by atoms with Crippen molar-refractivity contribution in [3.8, 4) is 27.9 Å². The Kier molecular flexibility index (Phi) is 7.87. The van der Waals surface area contributed by atoms with Crippen molar-refractivity contribution >= 4 is 55.4 Å². The molecule has 1 aromatic heterocycles. The smallest absolute Gasteiger partial charge is 0.0619 e. The first-order valence-electron chi connectivity index (χ1n) is 16.9. The average Bonchev–Trinajstić information content (AvgIpc) is 3.49. The van der Waals surface area contributed by atoms with Crippen molar-refractivity contribution in [2.24, 2.45) is 0 Å². The molecule has 0 spiro atoms. The first-order chi connectivity index (χ1) is 24.2. The average molecular weight is 628 g/mol. The van der Waals surface area contributed by atoms with E-state index in [1.54, 1.807) is 0 Å². The number of nitrogens with zero attached hydrogens (tertiary/aromatic N) is 1. The van der Waals surface area contributed by atoms with E-state index < -0.39 is 0 Å². The quantitative estimate of drug-likeness (QED) is 0.148. The maximum absolute atomic E-state index is 4.33. The second-order valence-electron chi connectivity index (χ2n) is 12.5. The van der Waals surface area contributed by atoms with Crippen molar-refractivity contribution in [2.75, 3.05) is 0 Å². The van der Waals surface area contributed by atoms with Gasteiger partial charge >= 0.3 is 0 Å². The Bertz CT molecular complexity index is 2610. The summed E-state index contributed by atoms with van der Waals surface area (Å²) in [6.07, 6.45) is 11.4. The minimum absolute atomic E-state index is 0.826. The van der Waals surface area contributed by atoms with Gasteiger partial charge in [-0.15, -0.1) is 0 Å². The molecule has 0 atom stereocenters. The molecule has 234 valence electrons. The molecule has 0 aliphatic carbocycles. The molecule has 49 heavy (non-hydrogen) atoms. The van der Waals surface area contributed by atoms with Crippen LogP contribution in [0.25, 0.3) is 83.3 Å². The molecule has 1 heterocycles. The SMILES string of the molecule is C=C/C(=C\C)C/C=C\c1c(C=C)n(-c2cccc3ccccc23)c2c1ccc1cc(-c3cccc(-c4cccc5ccccc45)c3)ccc12. The standard InChI is InChI=1S/C48H37N/c1-4-33(5-2)15-11-25-44-45-30-28-39-32-37(36-20-12-21-38(31-36)41-24-13-18-34-16-7-9-22-40(34)41)27-29-43(39)48(45)49(46(44)6-3)47-26-14-19-35-17-8-10-23-42(35)47/h4-14,16-32H,1,3,15H2,2H3/b25-11-,33-5+. The van der Waals surface area contributed by atoms with Crippen molar-refractivity contribution in [3.63, 3.8) is 0 Å². The van der Waals surface area contributed by atoms with E-state index >= 15 is 0 Å². The third-order valence-corrected chi connectivity index (χ3v) is 9.79. The van der Waals surface area contributed by atoms with Crippen molar-refractivity contribution in [1.29, 1.82) is 0 Å². The van der Waals surface area contributed by atoms with E-state index in [0.29, 0.717) is 0 Å². The molecule has 0 amide bonds. The second-order valence-corrected chi connectivity index (χ2v) is 12.5. The molecule has 8 rings (SSSR count). The summed E-state index contributed by atoms with van der Waals surface area (Å²) in [7, 11) is 0. The Balaban J connectivity index is 1.33. The lowest BCUT2D eigenvalue weighted by Crippen LogP contribution is -1.98. The predicted molar refractivity (Wildman–Crippen MR) is 214 cm³/mol. The van der Waals surface area contributed by atoms with Crippen LogP contribution >= 0.6 is 0 Å². The van der Waals surface area contributed by atoms with E-state index in [0.717, 1.165) is 17.8 Å². The van der Waals surface area contributed by atoms with Gasteiger partial charge in [-0.05, 0) is 87.0 Å². The highest BCUT2D eigenvalue weighted by Crippen LogP contribution is 2.40. The first kappa shape index (κ1) is 30.2. The number of fused-ring (bicyclic) bond motifs is 5. The number of hydrogen-bond donors (Lipinski definition) is 0. The van der Waals surface area contributed by atoms with Gasteiger partial charge < -0.3 is 4.57 Å². The zero-order valence-corrected chi connectivity index (χ0v) is 27.7. The summed E-state index contributed by atoms with van der Waals surface area (Å²) in [5, 5.41) is 8.57. The summed E-state index contributed by atoms with van der Waals surface area (Å²) in [5.74, 6) is 0. The lowest BCUT2D eigenvalue weighted by molar-refractivity contribution is 1.12. The molecular formula is C48H37N. The maximum Gasteiger partial charge on any atom is 0.0619 e. The summed E-state index contributed by atoms with van der Waals surface area (Å²) >= 11 is 0. The Morgan fingerprint density at radius 3 is 2.06 bits per heavy atom. The maximum atomic E-state index is 4.33. The van der Waals surface area contributed by atoms with Crippen LogP contribution in [-0.2, 0) is 0 Å². The number of allylic oxidation sites excluding steroid dienone is 4. The number of hydrogen-bond acceptors (Lipinski definition) is 0. The van der Waals surface area contributed by atoms with E-state index in [-0.39, 0.29) is 0 Å². The molecular weight excluding hydrogens is 591 g/mol. The minimum atomic E-state index is 0.826. The van der Waals surface area contributed by atoms with Crippen molar-refractivity contribution in [2.45, 2.75) is 13.3 Å². The highest BCUT2D eigenvalue weighted by molar-refractivity contribution is 6.12. The fraction of sp³-hybridized carbons (Fsp3) is 0.0417. The van der Waals surface area contributed by atoms with E-state index in [4.69, 9.17) is 0 Å². The molecule has 0 saturated heterocycles. The molecule has 0 unspecified atom stereocenters. The van der Waals surface area contributed by atoms with Crippen molar-refractivity contribution < 1.29 is 0 Å². The Hall–Kier alpha value is -6.18. The minimum Gasteiger partial charge on any atom is -0.308 e. The Morgan fingerprint density at radius 1 is 0.592 bits per heavy atom. The zero-order valence-electron chi connectivity index (χ0n) is 27.7. The third-order valence-electron chi connectivity index (χ3n) is 9.79. The van der Waals surface area contributed by atoms with Gasteiger partial charge in [0.05, 0.1) is 16.9 Å². The molecule has 0 N–H and O–H groups in total. The zero-order chi connectivity index (χ0) is 33.3. The highest BCUT2D eigenvalue weighted by atomic mass is 15.0. The van der Waals surface area contributed by atoms with Crippen LogP contribution in [0.1, 0.15) is 24.6 Å². The largest absolute Gasteiger partial charge is 0.308 e. The van der Waals surface area contributed by atoms with E-state index in [9.17, 15) is 0 Å². The topological polar surface area (TPSA) is 4.93 Å². The molecule has 0 aliphatic heterocycles. The van der Waals surface area contributed by atoms with E-state index in [1.807, 2.05) is 12.2 Å². The van der Waals surface area contributed by atoms with Gasteiger partial charge in [-0.2, -0.15) is 0 Å². The molecule has 0 bridgehead atoms. The summed E-state index contributed by atoms with van der Waals surface area (Å²) < 4.78 is 2.41. The normalized spacial score (nSPS) is 12.1. The van der Waals surface area contributed by atoms with Crippen LogP contribution in [0.15, 0.2) is 176 Å². The molecule has 0 radical (unpaired) electrons. The van der Waals surface area contributed by atoms with Crippen molar-refractivity contribution in [3.05, 3.63) is 188 Å². The predicted octanol–water partition coefficient (Wildman–Crippen LogP) is 13.6. The van der Waals surface area contributed by atoms with Crippen LogP contribution in [-0.4, -0.2) is 4.57 Å². The highest BCUT2D eigenvalue weighted by Gasteiger charge is 2.19. The lowest BCUT2D eigenvalue weighted by Gasteiger charge is -2.14. The Labute approximate surface area is 288 Å². The summed E-state index contributed by atoms with van der Waals surface area (Å²) in [6.45, 7) is 10.4. The van der Waals surface area contributed by atoms with Gasteiger partial charge in [0.25, 0.3) is 0 Å². The van der Waals surface area contributed by atoms with Gasteiger partial charge in [-0.25, -0.2) is 0 Å². The van der Waals surface area contributed by atoms with Gasteiger partial charge in [0, 0.05) is 21.7 Å². The summed E-state index contributed by atoms with van der Waals surface area (Å²) in [6, 6.07) is 50.7. The summed E-state index contributed by atoms with van der Waals surface area (Å²) in [5.41, 5.74) is 10.7. The number of rotatable bonds is 8. The first-order valence-corrected chi connectivity index (χ1v) is 16.9. The van der Waals surface area contributed by atoms with Crippen molar-refractivity contribution in [1.82, 2.24) is 4.57 Å². The van der Waals surface area contributed by atoms with Crippen LogP contribution in [0.5, 0.6) is 0 Å². The molecule has 1 heteroatoms. The molecule has 0 saturated carbocycles. The lowest BCUT2D eigenvalue weighted by atomic mass is 9.94. The monoisotopic (exact) mass is 627 g/mol. The summed E-state index contributed by atoms with van der Waals surface area (Å²) in [4.78, 5) is 0. The number of benzene rings is 7. The van der Waals surface area contributed by atoms with Gasteiger partial charge in [0.15, 0.2) is 0 Å². The van der Waals surface area contributed by atoms with Crippen LogP contribution in [0.2, 0.25) is 0 Å².